The van der Waals surface area contributed by atoms with Gasteiger partial charge in [-0.15, -0.1) is 0 Å². The molecule has 1 heterocycles. The third-order valence-electron chi connectivity index (χ3n) is 1.87. The zero-order chi connectivity index (χ0) is 11.7. The Morgan fingerprint density at radius 1 is 1.00 bits per heavy atom. The highest BCUT2D eigenvalue weighted by atomic mass is 79.9. The largest absolute Gasteiger partial charge is 0.213 e. The lowest BCUT2D eigenvalue weighted by atomic mass is 10.2. The van der Waals surface area contributed by atoms with Crippen molar-refractivity contribution >= 4 is 39.1 Å². The second-order valence-corrected chi connectivity index (χ2v) is 4.58. The third-order valence-corrected chi connectivity index (χ3v) is 2.90. The van der Waals surface area contributed by atoms with Crippen molar-refractivity contribution in [2.45, 2.75) is 0 Å². The fourth-order valence-electron chi connectivity index (χ4n) is 1.12. The molecule has 2 rings (SSSR count). The number of aromatic nitrogens is 2. The molecule has 0 atom stereocenters. The van der Waals surface area contributed by atoms with Crippen molar-refractivity contribution in [3.05, 3.63) is 44.9 Å². The standard InChI is InChI=1S/C10H4BrCl2FN2/c11-6-3-1-5(2-4-6)10-15-8(12)7(14)9(13)16-10/h1-4H. The molecule has 0 aliphatic heterocycles. The molecule has 0 fully saturated rings. The predicted octanol–water partition coefficient (Wildman–Crippen LogP) is 4.35. The Kier molecular flexibility index (Phi) is 3.42. The number of benzene rings is 1. The Morgan fingerprint density at radius 2 is 1.50 bits per heavy atom. The van der Waals surface area contributed by atoms with Gasteiger partial charge < -0.3 is 0 Å². The topological polar surface area (TPSA) is 25.8 Å². The van der Waals surface area contributed by atoms with Crippen LogP contribution in [-0.2, 0) is 0 Å². The first-order valence-corrected chi connectivity index (χ1v) is 5.77. The Bertz CT molecular complexity index is 508. The lowest BCUT2D eigenvalue weighted by Crippen LogP contribution is -1.94. The third kappa shape index (κ3) is 2.34. The number of rotatable bonds is 1. The minimum Gasteiger partial charge on any atom is -0.213 e. The van der Waals surface area contributed by atoms with Gasteiger partial charge in [-0.3, -0.25) is 0 Å². The summed E-state index contributed by atoms with van der Waals surface area (Å²) < 4.78 is 14.0. The van der Waals surface area contributed by atoms with E-state index in [9.17, 15) is 4.39 Å². The molecule has 1 aromatic heterocycles. The smallest absolute Gasteiger partial charge is 0.197 e. The number of nitrogens with zero attached hydrogens (tertiary/aromatic N) is 2. The Morgan fingerprint density at radius 3 is 2.00 bits per heavy atom. The van der Waals surface area contributed by atoms with E-state index < -0.39 is 5.82 Å². The van der Waals surface area contributed by atoms with Crippen molar-refractivity contribution < 1.29 is 4.39 Å². The van der Waals surface area contributed by atoms with Crippen LogP contribution in [0.4, 0.5) is 4.39 Å². The van der Waals surface area contributed by atoms with E-state index in [1.54, 1.807) is 12.1 Å². The van der Waals surface area contributed by atoms with Crippen LogP contribution in [0.5, 0.6) is 0 Å². The summed E-state index contributed by atoms with van der Waals surface area (Å²) in [4.78, 5) is 7.63. The van der Waals surface area contributed by atoms with Crippen LogP contribution in [0.1, 0.15) is 0 Å². The molecule has 1 aromatic carbocycles. The van der Waals surface area contributed by atoms with Crippen LogP contribution in [0, 0.1) is 5.82 Å². The maximum absolute atomic E-state index is 13.1. The average molecular weight is 322 g/mol. The summed E-state index contributed by atoms with van der Waals surface area (Å²) in [6.07, 6.45) is 0. The van der Waals surface area contributed by atoms with Gasteiger partial charge in [0.1, 0.15) is 0 Å². The first-order chi connectivity index (χ1) is 7.58. The van der Waals surface area contributed by atoms with Gasteiger partial charge in [-0.2, -0.15) is 0 Å². The molecule has 0 aliphatic carbocycles. The molecule has 0 aliphatic rings. The van der Waals surface area contributed by atoms with E-state index in [1.165, 1.54) is 0 Å². The first-order valence-electron chi connectivity index (χ1n) is 4.22. The van der Waals surface area contributed by atoms with E-state index in [0.29, 0.717) is 11.4 Å². The normalized spacial score (nSPS) is 10.5. The molecule has 82 valence electrons. The number of halogens is 4. The van der Waals surface area contributed by atoms with E-state index in [2.05, 4.69) is 25.9 Å². The summed E-state index contributed by atoms with van der Waals surface area (Å²) >= 11 is 14.5. The van der Waals surface area contributed by atoms with Crippen molar-refractivity contribution in [1.29, 1.82) is 0 Å². The van der Waals surface area contributed by atoms with Gasteiger partial charge in [-0.25, -0.2) is 14.4 Å². The van der Waals surface area contributed by atoms with E-state index >= 15 is 0 Å². The van der Waals surface area contributed by atoms with Crippen LogP contribution in [0.3, 0.4) is 0 Å². The molecule has 0 N–H and O–H groups in total. The van der Waals surface area contributed by atoms with E-state index in [0.717, 1.165) is 4.47 Å². The zero-order valence-electron chi connectivity index (χ0n) is 7.72. The second kappa shape index (κ2) is 4.65. The molecule has 0 unspecified atom stereocenters. The molecule has 0 radical (unpaired) electrons. The minimum absolute atomic E-state index is 0.280. The molecule has 2 nitrogen and oxygen atoms in total. The fraction of sp³-hybridized carbons (Fsp3) is 0. The summed E-state index contributed by atoms with van der Waals surface area (Å²) in [5.74, 6) is -0.506. The number of hydrogen-bond donors (Lipinski definition) is 0. The molecule has 0 saturated carbocycles. The van der Waals surface area contributed by atoms with E-state index in [4.69, 9.17) is 23.2 Å². The van der Waals surface area contributed by atoms with Crippen LogP contribution in [0.25, 0.3) is 11.4 Å². The van der Waals surface area contributed by atoms with Gasteiger partial charge in [0.15, 0.2) is 21.9 Å². The van der Waals surface area contributed by atoms with Crippen LogP contribution < -0.4 is 0 Å². The van der Waals surface area contributed by atoms with E-state index in [1.807, 2.05) is 12.1 Å². The highest BCUT2D eigenvalue weighted by molar-refractivity contribution is 9.10. The highest BCUT2D eigenvalue weighted by Gasteiger charge is 2.11. The van der Waals surface area contributed by atoms with Crippen LogP contribution >= 0.6 is 39.1 Å². The SMILES string of the molecule is Fc1c(Cl)nc(-c2ccc(Br)cc2)nc1Cl. The molecule has 6 heteroatoms. The zero-order valence-corrected chi connectivity index (χ0v) is 10.8. The van der Waals surface area contributed by atoms with Gasteiger partial charge in [0.25, 0.3) is 0 Å². The van der Waals surface area contributed by atoms with Gasteiger partial charge in [0.05, 0.1) is 0 Å². The molecule has 0 spiro atoms. The fourth-order valence-corrected chi connectivity index (χ4v) is 1.77. The molecule has 16 heavy (non-hydrogen) atoms. The molecule has 0 bridgehead atoms. The van der Waals surface area contributed by atoms with Crippen LogP contribution in [0.2, 0.25) is 10.3 Å². The van der Waals surface area contributed by atoms with Gasteiger partial charge in [-0.05, 0) is 12.1 Å². The summed E-state index contributed by atoms with van der Waals surface area (Å²) in [5.41, 5.74) is 0.715. The summed E-state index contributed by atoms with van der Waals surface area (Å²) in [6, 6.07) is 7.21. The summed E-state index contributed by atoms with van der Waals surface area (Å²) in [5, 5.41) is -0.559. The van der Waals surface area contributed by atoms with Crippen molar-refractivity contribution in [2.75, 3.05) is 0 Å². The van der Waals surface area contributed by atoms with Gasteiger partial charge in [-0.1, -0.05) is 51.3 Å². The monoisotopic (exact) mass is 320 g/mol. The Balaban J connectivity index is 2.52. The second-order valence-electron chi connectivity index (χ2n) is 2.95. The maximum atomic E-state index is 13.1. The van der Waals surface area contributed by atoms with Crippen molar-refractivity contribution in [1.82, 2.24) is 9.97 Å². The molecule has 2 aromatic rings. The lowest BCUT2D eigenvalue weighted by Gasteiger charge is -2.02. The summed E-state index contributed by atoms with van der Waals surface area (Å²) in [6.45, 7) is 0. The van der Waals surface area contributed by atoms with E-state index in [-0.39, 0.29) is 10.3 Å². The quantitative estimate of drug-likeness (QED) is 0.730. The Hall–Kier alpha value is -0.710. The molecular formula is C10H4BrCl2FN2. The van der Waals surface area contributed by atoms with Crippen molar-refractivity contribution in [3.8, 4) is 11.4 Å². The minimum atomic E-state index is -0.802. The highest BCUT2D eigenvalue weighted by Crippen LogP contribution is 2.24. The molecule has 0 amide bonds. The average Bonchev–Trinajstić information content (AvgIpc) is 2.26. The number of hydrogen-bond acceptors (Lipinski definition) is 2. The van der Waals surface area contributed by atoms with Crippen LogP contribution in [0.15, 0.2) is 28.7 Å². The predicted molar refractivity (Wildman–Crippen MR) is 65.1 cm³/mol. The lowest BCUT2D eigenvalue weighted by molar-refractivity contribution is 0.615. The van der Waals surface area contributed by atoms with Gasteiger partial charge in [0, 0.05) is 10.0 Å². The maximum Gasteiger partial charge on any atom is 0.197 e. The van der Waals surface area contributed by atoms with Crippen molar-refractivity contribution in [3.63, 3.8) is 0 Å². The van der Waals surface area contributed by atoms with Crippen LogP contribution in [-0.4, -0.2) is 9.97 Å². The van der Waals surface area contributed by atoms with Gasteiger partial charge >= 0.3 is 0 Å². The summed E-state index contributed by atoms with van der Waals surface area (Å²) in [7, 11) is 0. The van der Waals surface area contributed by atoms with Crippen molar-refractivity contribution in [2.24, 2.45) is 0 Å². The Labute approximate surface area is 110 Å². The molecule has 0 saturated heterocycles. The van der Waals surface area contributed by atoms with Gasteiger partial charge in [0.2, 0.25) is 0 Å². The first kappa shape index (κ1) is 11.8. The molecular weight excluding hydrogens is 318 g/mol.